The Kier molecular flexibility index (Phi) is 7.62. The molecule has 2 N–H and O–H groups in total. The van der Waals surface area contributed by atoms with E-state index < -0.39 is 0 Å². The number of imidazole rings is 1. The van der Waals surface area contributed by atoms with Gasteiger partial charge < -0.3 is 29.4 Å². The van der Waals surface area contributed by atoms with E-state index >= 15 is 0 Å². The summed E-state index contributed by atoms with van der Waals surface area (Å²) < 4.78 is 7.41. The van der Waals surface area contributed by atoms with Crippen LogP contribution >= 0.6 is 0 Å². The van der Waals surface area contributed by atoms with E-state index in [1.165, 1.54) is 5.69 Å². The second kappa shape index (κ2) is 11.4. The van der Waals surface area contributed by atoms with Crippen LogP contribution < -0.4 is 20.4 Å². The summed E-state index contributed by atoms with van der Waals surface area (Å²) in [6.45, 7) is 7.50. The maximum atomic E-state index is 13.0. The Hall–Kier alpha value is -4.60. The number of carbonyl (C=O) groups excluding carboxylic acids is 2. The number of piperazine rings is 1. The monoisotopic (exact) mass is 527 g/mol. The number of rotatable bonds is 8. The average molecular weight is 528 g/mol. The molecule has 2 amide bonds. The summed E-state index contributed by atoms with van der Waals surface area (Å²) in [6, 6.07) is 10.9. The fourth-order valence-corrected chi connectivity index (χ4v) is 4.80. The van der Waals surface area contributed by atoms with Gasteiger partial charge in [0.05, 0.1) is 23.4 Å². The number of nitrogens with one attached hydrogen (secondary N) is 2. The molecule has 10 nitrogen and oxygen atoms in total. The summed E-state index contributed by atoms with van der Waals surface area (Å²) in [6.07, 6.45) is 8.00. The Bertz CT molecular complexity index is 1470. The number of aromatic nitrogens is 3. The van der Waals surface area contributed by atoms with Crippen LogP contribution in [0.25, 0.3) is 0 Å². The molecular weight excluding hydrogens is 494 g/mol. The highest BCUT2D eigenvalue weighted by atomic mass is 16.3. The molecule has 0 saturated carbocycles. The Labute approximate surface area is 227 Å². The largest absolute Gasteiger partial charge is 0.456 e. The molecule has 3 aromatic heterocycles. The van der Waals surface area contributed by atoms with Crippen molar-refractivity contribution in [3.63, 3.8) is 0 Å². The van der Waals surface area contributed by atoms with E-state index in [4.69, 9.17) is 4.42 Å². The molecule has 202 valence electrons. The van der Waals surface area contributed by atoms with E-state index in [0.717, 1.165) is 43.1 Å². The van der Waals surface area contributed by atoms with Gasteiger partial charge in [-0.1, -0.05) is 0 Å². The lowest BCUT2D eigenvalue weighted by Crippen LogP contribution is -2.47. The van der Waals surface area contributed by atoms with E-state index in [1.54, 1.807) is 37.5 Å². The molecule has 0 aliphatic carbocycles. The number of anilines is 3. The Balaban J connectivity index is 1.32. The molecule has 1 aromatic carbocycles. The molecular formula is C29H33N7O3. The van der Waals surface area contributed by atoms with Crippen molar-refractivity contribution >= 4 is 28.9 Å². The molecule has 1 saturated heterocycles. The van der Waals surface area contributed by atoms with Crippen molar-refractivity contribution < 1.29 is 14.0 Å². The molecule has 0 atom stereocenters. The second-order valence-corrected chi connectivity index (χ2v) is 9.77. The normalized spacial score (nSPS) is 13.4. The van der Waals surface area contributed by atoms with Gasteiger partial charge >= 0.3 is 0 Å². The van der Waals surface area contributed by atoms with E-state index in [0.29, 0.717) is 30.0 Å². The van der Waals surface area contributed by atoms with Crippen molar-refractivity contribution in [1.82, 2.24) is 19.9 Å². The molecule has 0 bridgehead atoms. The van der Waals surface area contributed by atoms with Gasteiger partial charge in [-0.3, -0.25) is 14.6 Å². The van der Waals surface area contributed by atoms with E-state index in [2.05, 4.69) is 37.3 Å². The number of pyridine rings is 1. The Morgan fingerprint density at radius 2 is 1.74 bits per heavy atom. The lowest BCUT2D eigenvalue weighted by molar-refractivity contribution is 0.0952. The number of hydrogen-bond acceptors (Lipinski definition) is 7. The number of nitrogens with zero attached hydrogens (tertiary/aromatic N) is 5. The molecule has 1 aliphatic rings. The second-order valence-electron chi connectivity index (χ2n) is 9.77. The molecule has 39 heavy (non-hydrogen) atoms. The quantitative estimate of drug-likeness (QED) is 0.361. The van der Waals surface area contributed by atoms with Crippen LogP contribution in [0.15, 0.2) is 65.7 Å². The molecule has 4 heterocycles. The van der Waals surface area contributed by atoms with Gasteiger partial charge in [0.1, 0.15) is 5.76 Å². The van der Waals surface area contributed by atoms with Gasteiger partial charge in [0, 0.05) is 76.0 Å². The first-order valence-corrected chi connectivity index (χ1v) is 13.0. The van der Waals surface area contributed by atoms with Crippen molar-refractivity contribution in [2.75, 3.05) is 47.8 Å². The van der Waals surface area contributed by atoms with Gasteiger partial charge in [-0.15, -0.1) is 0 Å². The zero-order valence-electron chi connectivity index (χ0n) is 22.5. The van der Waals surface area contributed by atoms with Crippen LogP contribution in [0.4, 0.5) is 17.1 Å². The highest BCUT2D eigenvalue weighted by Gasteiger charge is 2.23. The van der Waals surface area contributed by atoms with Gasteiger partial charge in [-0.2, -0.15) is 0 Å². The smallest absolute Gasteiger partial charge is 0.291 e. The number of furan rings is 1. The SMILES string of the molecule is Cc1ccc(C(=O)Nc2cc(C(=O)NCCc3cn(C)cn3)ccc2N2CCN(c3ccncc3C)CC2)o1. The number of benzene rings is 1. The number of carbonyl (C=O) groups is 2. The minimum Gasteiger partial charge on any atom is -0.456 e. The summed E-state index contributed by atoms with van der Waals surface area (Å²) in [5, 5.41) is 5.94. The standard InChI is InChI=1S/C29H33N7O3/c1-20-17-30-10-9-25(20)35-12-14-36(15-13-35)26-6-5-22(28(37)31-11-8-23-18-34(3)19-32-23)16-24(26)33-29(38)27-7-4-21(2)39-27/h4-7,9-10,16-19H,8,11-15H2,1-3H3,(H,31,37)(H,33,38). The highest BCUT2D eigenvalue weighted by molar-refractivity contribution is 6.05. The fraction of sp³-hybridized carbons (Fsp3) is 0.310. The van der Waals surface area contributed by atoms with E-state index in [9.17, 15) is 9.59 Å². The van der Waals surface area contributed by atoms with Gasteiger partial charge in [-0.25, -0.2) is 4.98 Å². The van der Waals surface area contributed by atoms with Crippen molar-refractivity contribution in [2.45, 2.75) is 20.3 Å². The number of amides is 2. The summed E-state index contributed by atoms with van der Waals surface area (Å²) >= 11 is 0. The van der Waals surface area contributed by atoms with Crippen LogP contribution in [0.3, 0.4) is 0 Å². The zero-order chi connectivity index (χ0) is 27.4. The molecule has 5 rings (SSSR count). The lowest BCUT2D eigenvalue weighted by Gasteiger charge is -2.38. The van der Waals surface area contributed by atoms with Gasteiger partial charge in [0.15, 0.2) is 5.76 Å². The minimum absolute atomic E-state index is 0.209. The first-order valence-electron chi connectivity index (χ1n) is 13.0. The predicted molar refractivity (Wildman–Crippen MR) is 150 cm³/mol. The van der Waals surface area contributed by atoms with Crippen LogP contribution in [-0.2, 0) is 13.5 Å². The van der Waals surface area contributed by atoms with Gasteiger partial charge in [0.25, 0.3) is 11.8 Å². The third-order valence-corrected chi connectivity index (χ3v) is 6.85. The maximum absolute atomic E-state index is 13.0. The molecule has 1 fully saturated rings. The van der Waals surface area contributed by atoms with Crippen LogP contribution in [-0.4, -0.2) is 59.1 Å². The summed E-state index contributed by atoms with van der Waals surface area (Å²) in [4.78, 5) is 39.1. The molecule has 0 radical (unpaired) electrons. The van der Waals surface area contributed by atoms with Crippen LogP contribution in [0.1, 0.15) is 37.9 Å². The molecule has 0 spiro atoms. The average Bonchev–Trinajstić information content (AvgIpc) is 3.57. The van der Waals surface area contributed by atoms with Crippen LogP contribution in [0, 0.1) is 13.8 Å². The summed E-state index contributed by atoms with van der Waals surface area (Å²) in [7, 11) is 1.91. The molecule has 1 aliphatic heterocycles. The van der Waals surface area contributed by atoms with Crippen molar-refractivity contribution in [2.24, 2.45) is 7.05 Å². The van der Waals surface area contributed by atoms with Crippen molar-refractivity contribution in [3.05, 3.63) is 89.7 Å². The first kappa shape index (κ1) is 26.0. The molecule has 10 heteroatoms. The number of hydrogen-bond donors (Lipinski definition) is 2. The minimum atomic E-state index is -0.358. The zero-order valence-corrected chi connectivity index (χ0v) is 22.5. The van der Waals surface area contributed by atoms with Gasteiger partial charge in [-0.05, 0) is 55.8 Å². The highest BCUT2D eigenvalue weighted by Crippen LogP contribution is 2.30. The van der Waals surface area contributed by atoms with E-state index in [1.807, 2.05) is 42.3 Å². The summed E-state index contributed by atoms with van der Waals surface area (Å²) in [5.41, 5.74) is 5.14. The molecule has 4 aromatic rings. The fourth-order valence-electron chi connectivity index (χ4n) is 4.80. The van der Waals surface area contributed by atoms with Crippen molar-refractivity contribution in [3.8, 4) is 0 Å². The van der Waals surface area contributed by atoms with E-state index in [-0.39, 0.29) is 17.6 Å². The van der Waals surface area contributed by atoms with Gasteiger partial charge in [0.2, 0.25) is 0 Å². The van der Waals surface area contributed by atoms with Crippen molar-refractivity contribution in [1.29, 1.82) is 0 Å². The predicted octanol–water partition coefficient (Wildman–Crippen LogP) is 3.58. The summed E-state index contributed by atoms with van der Waals surface area (Å²) in [5.74, 6) is 0.313. The third kappa shape index (κ3) is 6.11. The number of aryl methyl sites for hydroxylation is 3. The van der Waals surface area contributed by atoms with Crippen LogP contribution in [0.2, 0.25) is 0 Å². The molecule has 0 unspecified atom stereocenters. The maximum Gasteiger partial charge on any atom is 0.291 e. The lowest BCUT2D eigenvalue weighted by atomic mass is 10.1. The first-order chi connectivity index (χ1) is 18.9. The Morgan fingerprint density at radius 3 is 2.41 bits per heavy atom. The third-order valence-electron chi connectivity index (χ3n) is 6.85. The topological polar surface area (TPSA) is 109 Å². The van der Waals surface area contributed by atoms with Crippen LogP contribution in [0.5, 0.6) is 0 Å². The Morgan fingerprint density at radius 1 is 0.974 bits per heavy atom.